The molecule has 10 aromatic rings. The Morgan fingerprint density at radius 3 is 1.61 bits per heavy atom. The third kappa shape index (κ3) is 4.03. The second kappa shape index (κ2) is 10.8. The van der Waals surface area contributed by atoms with Gasteiger partial charge in [-0.05, 0) is 54.6 Å². The minimum Gasteiger partial charge on any atom is -0.306 e. The predicted molar refractivity (Wildman–Crippen MR) is 210 cm³/mol. The number of aromatic nitrogens is 4. The largest absolute Gasteiger partial charge is 0.306 e. The average Bonchev–Trinajstić information content (AvgIpc) is 3.73. The van der Waals surface area contributed by atoms with E-state index in [9.17, 15) is 0 Å². The summed E-state index contributed by atoms with van der Waals surface area (Å²) in [6.45, 7) is 0. The van der Waals surface area contributed by atoms with Gasteiger partial charge in [-0.2, -0.15) is 0 Å². The molecule has 0 unspecified atom stereocenters. The molecule has 1 aliphatic rings. The Morgan fingerprint density at radius 1 is 0.373 bits per heavy atom. The third-order valence-corrected chi connectivity index (χ3v) is 10.2. The van der Waals surface area contributed by atoms with Crippen molar-refractivity contribution in [2.75, 3.05) is 4.90 Å². The van der Waals surface area contributed by atoms with Crippen LogP contribution in [0.15, 0.2) is 176 Å². The molecule has 0 bridgehead atoms. The minimum absolute atomic E-state index is 0.648. The molecule has 0 atom stereocenters. The number of hydrogen-bond donors (Lipinski definition) is 0. The van der Waals surface area contributed by atoms with Gasteiger partial charge in [0.2, 0.25) is 5.95 Å². The van der Waals surface area contributed by atoms with E-state index < -0.39 is 0 Å². The maximum atomic E-state index is 5.27. The maximum Gasteiger partial charge on any atom is 0.235 e. The van der Waals surface area contributed by atoms with Gasteiger partial charge in [0.1, 0.15) is 0 Å². The van der Waals surface area contributed by atoms with Crippen molar-refractivity contribution in [3.63, 3.8) is 0 Å². The highest BCUT2D eigenvalue weighted by atomic mass is 15.2. The molecule has 0 saturated heterocycles. The first kappa shape index (κ1) is 27.9. The Balaban J connectivity index is 1.26. The number of fused-ring (bicyclic) bond motifs is 9. The first-order chi connectivity index (χ1) is 25.3. The predicted octanol–water partition coefficient (Wildman–Crippen LogP) is 11.8. The summed E-state index contributed by atoms with van der Waals surface area (Å²) >= 11 is 0. The normalized spacial score (nSPS) is 12.3. The van der Waals surface area contributed by atoms with Crippen LogP contribution in [-0.4, -0.2) is 19.1 Å². The van der Waals surface area contributed by atoms with Crippen LogP contribution in [0.25, 0.3) is 77.8 Å². The van der Waals surface area contributed by atoms with E-state index in [0.29, 0.717) is 5.95 Å². The van der Waals surface area contributed by atoms with Crippen molar-refractivity contribution in [2.24, 2.45) is 0 Å². The number of anilines is 3. The van der Waals surface area contributed by atoms with Gasteiger partial charge in [-0.1, -0.05) is 121 Å². The molecule has 0 aliphatic carbocycles. The van der Waals surface area contributed by atoms with E-state index in [1.807, 2.05) is 12.1 Å². The van der Waals surface area contributed by atoms with Crippen LogP contribution in [0, 0.1) is 0 Å². The number of nitrogens with zero attached hydrogens (tertiary/aromatic N) is 5. The molecule has 0 fully saturated rings. The van der Waals surface area contributed by atoms with E-state index in [1.54, 1.807) is 0 Å². The van der Waals surface area contributed by atoms with Crippen LogP contribution < -0.4 is 4.90 Å². The van der Waals surface area contributed by atoms with Crippen molar-refractivity contribution < 1.29 is 0 Å². The van der Waals surface area contributed by atoms with Crippen LogP contribution in [0.5, 0.6) is 0 Å². The zero-order valence-electron chi connectivity index (χ0n) is 27.5. The molecule has 0 saturated carbocycles. The highest BCUT2D eigenvalue weighted by Gasteiger charge is 2.30. The van der Waals surface area contributed by atoms with Gasteiger partial charge in [0, 0.05) is 38.4 Å². The van der Waals surface area contributed by atoms with Gasteiger partial charge >= 0.3 is 0 Å². The lowest BCUT2D eigenvalue weighted by atomic mass is 10.0. The number of para-hydroxylation sites is 5. The lowest BCUT2D eigenvalue weighted by Gasteiger charge is -2.33. The minimum atomic E-state index is 0.648. The van der Waals surface area contributed by atoms with Gasteiger partial charge in [0.25, 0.3) is 0 Å². The van der Waals surface area contributed by atoms with Crippen LogP contribution in [0.1, 0.15) is 0 Å². The maximum absolute atomic E-state index is 5.27. The third-order valence-electron chi connectivity index (χ3n) is 10.2. The molecular weight excluding hydrogens is 623 g/mol. The molecule has 238 valence electrons. The summed E-state index contributed by atoms with van der Waals surface area (Å²) in [5, 5.41) is 4.82. The summed E-state index contributed by atoms with van der Waals surface area (Å²) in [6, 6.07) is 62.2. The number of rotatable bonds is 4. The van der Waals surface area contributed by atoms with Crippen molar-refractivity contribution in [3.05, 3.63) is 176 Å². The molecular formula is C46H29N5. The van der Waals surface area contributed by atoms with Gasteiger partial charge in [-0.3, -0.25) is 4.57 Å². The Kier molecular flexibility index (Phi) is 5.89. The van der Waals surface area contributed by atoms with Crippen molar-refractivity contribution in [1.29, 1.82) is 0 Å². The summed E-state index contributed by atoms with van der Waals surface area (Å²) in [7, 11) is 0. The molecule has 4 heterocycles. The first-order valence-electron chi connectivity index (χ1n) is 17.3. The van der Waals surface area contributed by atoms with E-state index in [1.165, 1.54) is 32.6 Å². The zero-order chi connectivity index (χ0) is 33.5. The van der Waals surface area contributed by atoms with E-state index in [4.69, 9.17) is 9.97 Å². The van der Waals surface area contributed by atoms with Gasteiger partial charge in [0.15, 0.2) is 0 Å². The summed E-state index contributed by atoms with van der Waals surface area (Å²) in [4.78, 5) is 12.9. The molecule has 0 N–H and O–H groups in total. The van der Waals surface area contributed by atoms with Gasteiger partial charge in [0.05, 0.1) is 50.5 Å². The van der Waals surface area contributed by atoms with Gasteiger partial charge in [-0.15, -0.1) is 0 Å². The summed E-state index contributed by atoms with van der Waals surface area (Å²) < 4.78 is 4.71. The molecule has 1 aliphatic heterocycles. The highest BCUT2D eigenvalue weighted by Crippen LogP contribution is 2.51. The van der Waals surface area contributed by atoms with Crippen molar-refractivity contribution >= 4 is 60.7 Å². The van der Waals surface area contributed by atoms with Crippen LogP contribution in [0.2, 0.25) is 0 Å². The molecule has 3 aromatic heterocycles. The average molecular weight is 652 g/mol. The second-order valence-corrected chi connectivity index (χ2v) is 13.0. The number of benzene rings is 7. The smallest absolute Gasteiger partial charge is 0.235 e. The quantitative estimate of drug-likeness (QED) is 0.190. The number of hydrogen-bond acceptors (Lipinski definition) is 3. The highest BCUT2D eigenvalue weighted by molar-refractivity contribution is 6.30. The fraction of sp³-hybridized carbons (Fsp3) is 0. The van der Waals surface area contributed by atoms with Gasteiger partial charge in [-0.25, -0.2) is 9.97 Å². The van der Waals surface area contributed by atoms with Gasteiger partial charge < -0.3 is 9.47 Å². The molecule has 5 heteroatoms. The van der Waals surface area contributed by atoms with E-state index >= 15 is 0 Å². The van der Waals surface area contributed by atoms with Crippen LogP contribution in [0.3, 0.4) is 0 Å². The summed E-state index contributed by atoms with van der Waals surface area (Å²) in [5.41, 5.74) is 13.0. The van der Waals surface area contributed by atoms with Crippen LogP contribution in [0.4, 0.5) is 17.1 Å². The topological polar surface area (TPSA) is 38.9 Å². The molecule has 0 radical (unpaired) electrons. The Labute approximate surface area is 293 Å². The van der Waals surface area contributed by atoms with Crippen molar-refractivity contribution in [2.45, 2.75) is 0 Å². The standard InChI is InChI=1S/C46H29N5/c1-4-15-30(16-5-1)35-29-36(31-17-6-2-7-18-31)48-46(47-35)51-37-23-11-10-21-33(37)43-41(51)28-27-40-44(43)34-22-14-26-42-45(34)50(40)39-25-13-12-24-38(39)49(42)32-19-8-3-9-20-32/h1-29H. The molecule has 7 aromatic carbocycles. The molecule has 11 rings (SSSR count). The second-order valence-electron chi connectivity index (χ2n) is 13.0. The van der Waals surface area contributed by atoms with E-state index in [0.717, 1.165) is 56.3 Å². The molecule has 0 amide bonds. The molecule has 0 spiro atoms. The Bertz CT molecular complexity index is 2900. The van der Waals surface area contributed by atoms with Crippen molar-refractivity contribution in [3.8, 4) is 34.2 Å². The Hall–Kier alpha value is -6.98. The SMILES string of the molecule is c1ccc(-c2cc(-c3ccccc3)nc(-n3c4ccccc4c4c5c6cccc7c6n(c5ccc43)-c3ccccc3N7c3ccccc3)n2)cc1. The lowest BCUT2D eigenvalue weighted by Crippen LogP contribution is -2.17. The Morgan fingerprint density at radius 2 is 0.902 bits per heavy atom. The summed E-state index contributed by atoms with van der Waals surface area (Å²) in [5.74, 6) is 0.648. The summed E-state index contributed by atoms with van der Waals surface area (Å²) in [6.07, 6.45) is 0. The van der Waals surface area contributed by atoms with Crippen molar-refractivity contribution in [1.82, 2.24) is 19.1 Å². The van der Waals surface area contributed by atoms with E-state index in [-0.39, 0.29) is 0 Å². The molecule has 5 nitrogen and oxygen atoms in total. The lowest BCUT2D eigenvalue weighted by molar-refractivity contribution is 0.996. The monoisotopic (exact) mass is 651 g/mol. The van der Waals surface area contributed by atoms with E-state index in [2.05, 4.69) is 178 Å². The van der Waals surface area contributed by atoms with Crippen LogP contribution in [-0.2, 0) is 0 Å². The van der Waals surface area contributed by atoms with Crippen LogP contribution >= 0.6 is 0 Å². The fourth-order valence-corrected chi connectivity index (χ4v) is 8.12. The zero-order valence-corrected chi connectivity index (χ0v) is 27.5. The molecule has 51 heavy (non-hydrogen) atoms. The fourth-order valence-electron chi connectivity index (χ4n) is 8.12. The first-order valence-corrected chi connectivity index (χ1v) is 17.3.